The van der Waals surface area contributed by atoms with Gasteiger partial charge >= 0.3 is 0 Å². The van der Waals surface area contributed by atoms with Crippen LogP contribution in [0.15, 0.2) is 36.7 Å². The van der Waals surface area contributed by atoms with Crippen molar-refractivity contribution in [2.24, 2.45) is 5.92 Å². The summed E-state index contributed by atoms with van der Waals surface area (Å²) in [5.74, 6) is 2.12. The van der Waals surface area contributed by atoms with E-state index in [4.69, 9.17) is 15.2 Å². The lowest BCUT2D eigenvalue weighted by atomic mass is 9.97. The number of aliphatic hydroxyl groups is 1. The normalized spacial score (nSPS) is 19.2. The van der Waals surface area contributed by atoms with E-state index in [1.54, 1.807) is 38.7 Å². The predicted molar refractivity (Wildman–Crippen MR) is 107 cm³/mol. The first-order valence-electron chi connectivity index (χ1n) is 9.10. The van der Waals surface area contributed by atoms with Crippen LogP contribution in [0.1, 0.15) is 5.56 Å². The van der Waals surface area contributed by atoms with Crippen LogP contribution in [-0.4, -0.2) is 53.5 Å². The van der Waals surface area contributed by atoms with Crippen molar-refractivity contribution in [3.05, 3.63) is 42.2 Å². The average molecular weight is 381 g/mol. The third-order valence-corrected chi connectivity index (χ3v) is 5.16. The zero-order valence-electron chi connectivity index (χ0n) is 15.9. The maximum Gasteiger partial charge on any atom is 0.227 e. The molecule has 0 bridgehead atoms. The fourth-order valence-electron chi connectivity index (χ4n) is 3.65. The van der Waals surface area contributed by atoms with Gasteiger partial charge in [-0.15, -0.1) is 0 Å². The van der Waals surface area contributed by atoms with Crippen molar-refractivity contribution in [1.29, 1.82) is 0 Å². The van der Waals surface area contributed by atoms with E-state index in [0.717, 1.165) is 12.0 Å². The molecule has 0 aliphatic carbocycles. The first-order valence-corrected chi connectivity index (χ1v) is 9.10. The number of benzene rings is 1. The van der Waals surface area contributed by atoms with Crippen molar-refractivity contribution >= 4 is 22.7 Å². The summed E-state index contributed by atoms with van der Waals surface area (Å²) < 4.78 is 10.7. The van der Waals surface area contributed by atoms with Gasteiger partial charge in [-0.25, -0.2) is 4.98 Å². The van der Waals surface area contributed by atoms with E-state index in [-0.39, 0.29) is 5.92 Å². The SMILES string of the molecule is COc1cc2nc(N3C[C@@H](Cc4ccncc4)[C@H](O)C3)nc(N)c2cc1OC. The van der Waals surface area contributed by atoms with Crippen LogP contribution in [0.4, 0.5) is 11.8 Å². The lowest BCUT2D eigenvalue weighted by Gasteiger charge is -2.18. The first kappa shape index (κ1) is 18.2. The molecule has 8 nitrogen and oxygen atoms in total. The van der Waals surface area contributed by atoms with Crippen molar-refractivity contribution in [3.63, 3.8) is 0 Å². The number of aliphatic hydroxyl groups excluding tert-OH is 1. The molecule has 3 N–H and O–H groups in total. The minimum absolute atomic E-state index is 0.0910. The average Bonchev–Trinajstić information content (AvgIpc) is 3.08. The second-order valence-electron chi connectivity index (χ2n) is 6.93. The Hall–Kier alpha value is -3.13. The summed E-state index contributed by atoms with van der Waals surface area (Å²) in [5.41, 5.74) is 8.01. The number of pyridine rings is 1. The summed E-state index contributed by atoms with van der Waals surface area (Å²) in [7, 11) is 3.15. The van der Waals surface area contributed by atoms with Crippen molar-refractivity contribution in [2.45, 2.75) is 12.5 Å². The number of anilines is 2. The molecule has 1 saturated heterocycles. The molecule has 0 spiro atoms. The smallest absolute Gasteiger partial charge is 0.227 e. The number of hydrogen-bond acceptors (Lipinski definition) is 8. The number of hydrogen-bond donors (Lipinski definition) is 2. The maximum atomic E-state index is 10.5. The number of nitrogens with zero attached hydrogens (tertiary/aromatic N) is 4. The summed E-state index contributed by atoms with van der Waals surface area (Å²) in [6.07, 6.45) is 3.85. The van der Waals surface area contributed by atoms with Crippen LogP contribution in [-0.2, 0) is 6.42 Å². The van der Waals surface area contributed by atoms with Crippen molar-refractivity contribution in [1.82, 2.24) is 15.0 Å². The quantitative estimate of drug-likeness (QED) is 0.687. The Labute approximate surface area is 162 Å². The highest BCUT2D eigenvalue weighted by molar-refractivity contribution is 5.91. The van der Waals surface area contributed by atoms with Crippen LogP contribution in [0.25, 0.3) is 10.9 Å². The Bertz CT molecular complexity index is 982. The van der Waals surface area contributed by atoms with Gasteiger partial charge in [0, 0.05) is 42.9 Å². The molecule has 0 amide bonds. The van der Waals surface area contributed by atoms with E-state index in [1.807, 2.05) is 17.0 Å². The number of methoxy groups -OCH3 is 2. The molecule has 2 atom stereocenters. The zero-order chi connectivity index (χ0) is 19.7. The summed E-state index contributed by atoms with van der Waals surface area (Å²) in [6.45, 7) is 1.12. The Morgan fingerprint density at radius 1 is 1.11 bits per heavy atom. The van der Waals surface area contributed by atoms with Gasteiger partial charge in [0.1, 0.15) is 5.82 Å². The summed E-state index contributed by atoms with van der Waals surface area (Å²) in [5, 5.41) is 11.2. The van der Waals surface area contributed by atoms with Gasteiger partial charge in [-0.3, -0.25) is 4.98 Å². The largest absolute Gasteiger partial charge is 0.493 e. The van der Waals surface area contributed by atoms with Gasteiger partial charge in [-0.2, -0.15) is 4.98 Å². The summed E-state index contributed by atoms with van der Waals surface area (Å²) >= 11 is 0. The highest BCUT2D eigenvalue weighted by Gasteiger charge is 2.33. The third-order valence-electron chi connectivity index (χ3n) is 5.16. The molecule has 8 heteroatoms. The molecule has 28 heavy (non-hydrogen) atoms. The first-order chi connectivity index (χ1) is 13.6. The monoisotopic (exact) mass is 381 g/mol. The lowest BCUT2D eigenvalue weighted by Crippen LogP contribution is -2.23. The van der Waals surface area contributed by atoms with E-state index in [9.17, 15) is 5.11 Å². The van der Waals surface area contributed by atoms with Gasteiger partial charge in [-0.05, 0) is 30.2 Å². The Morgan fingerprint density at radius 2 is 1.82 bits per heavy atom. The van der Waals surface area contributed by atoms with Gasteiger partial charge in [0.15, 0.2) is 11.5 Å². The molecule has 4 rings (SSSR count). The molecule has 1 aromatic carbocycles. The van der Waals surface area contributed by atoms with Gasteiger partial charge in [0.25, 0.3) is 0 Å². The van der Waals surface area contributed by atoms with Gasteiger partial charge in [0.2, 0.25) is 5.95 Å². The maximum absolute atomic E-state index is 10.5. The molecular formula is C20H23N5O3. The van der Waals surface area contributed by atoms with Crippen molar-refractivity contribution < 1.29 is 14.6 Å². The molecule has 2 aromatic heterocycles. The van der Waals surface area contributed by atoms with Crippen LogP contribution in [0, 0.1) is 5.92 Å². The van der Waals surface area contributed by atoms with Crippen LogP contribution in [0.5, 0.6) is 11.5 Å². The lowest BCUT2D eigenvalue weighted by molar-refractivity contribution is 0.148. The molecule has 1 fully saturated rings. The fraction of sp³-hybridized carbons (Fsp3) is 0.350. The fourth-order valence-corrected chi connectivity index (χ4v) is 3.65. The van der Waals surface area contributed by atoms with E-state index < -0.39 is 6.10 Å². The molecule has 0 saturated carbocycles. The van der Waals surface area contributed by atoms with Crippen LogP contribution >= 0.6 is 0 Å². The molecule has 1 aliphatic rings. The van der Waals surface area contributed by atoms with Crippen LogP contribution in [0.3, 0.4) is 0 Å². The number of aromatic nitrogens is 3. The molecule has 0 radical (unpaired) electrons. The van der Waals surface area contributed by atoms with Gasteiger partial charge in [0.05, 0.1) is 25.8 Å². The number of fused-ring (bicyclic) bond motifs is 1. The molecule has 3 heterocycles. The van der Waals surface area contributed by atoms with Crippen LogP contribution < -0.4 is 20.1 Å². The Morgan fingerprint density at radius 3 is 2.54 bits per heavy atom. The minimum atomic E-state index is -0.459. The van der Waals surface area contributed by atoms with Crippen LogP contribution in [0.2, 0.25) is 0 Å². The van der Waals surface area contributed by atoms with Gasteiger partial charge in [-0.1, -0.05) is 0 Å². The minimum Gasteiger partial charge on any atom is -0.493 e. The Balaban J connectivity index is 1.62. The van der Waals surface area contributed by atoms with Gasteiger partial charge < -0.3 is 25.2 Å². The highest BCUT2D eigenvalue weighted by atomic mass is 16.5. The molecule has 146 valence electrons. The van der Waals surface area contributed by atoms with E-state index >= 15 is 0 Å². The molecule has 1 aliphatic heterocycles. The standard InChI is InChI=1S/C20H23N5O3/c1-27-17-8-14-15(9-18(17)28-2)23-20(24-19(14)21)25-10-13(16(26)11-25)7-12-3-5-22-6-4-12/h3-6,8-9,13,16,26H,7,10-11H2,1-2H3,(H2,21,23,24)/t13-,16-/m1/s1. The molecule has 0 unspecified atom stereocenters. The van der Waals surface area contributed by atoms with Crippen molar-refractivity contribution in [2.75, 3.05) is 37.9 Å². The Kier molecular flexibility index (Phi) is 4.87. The molecular weight excluding hydrogens is 358 g/mol. The third kappa shape index (κ3) is 3.38. The summed E-state index contributed by atoms with van der Waals surface area (Å²) in [4.78, 5) is 15.1. The number of nitrogens with two attached hydrogens (primary N) is 1. The van der Waals surface area contributed by atoms with E-state index in [1.165, 1.54) is 0 Å². The zero-order valence-corrected chi connectivity index (χ0v) is 15.9. The second-order valence-corrected chi connectivity index (χ2v) is 6.93. The summed E-state index contributed by atoms with van der Waals surface area (Å²) in [6, 6.07) is 7.51. The number of ether oxygens (including phenoxy) is 2. The predicted octanol–water partition coefficient (Wildman–Crippen LogP) is 1.66. The number of nitrogen functional groups attached to an aromatic ring is 1. The number of rotatable bonds is 5. The topological polar surface area (TPSA) is 107 Å². The van der Waals surface area contributed by atoms with E-state index in [0.29, 0.717) is 47.3 Å². The number of β-amino-alcohol motifs (C(OH)–C–C–N with tert-alkyl or cyclic N) is 1. The molecule has 3 aromatic rings. The second kappa shape index (κ2) is 7.47. The van der Waals surface area contributed by atoms with Crippen molar-refractivity contribution in [3.8, 4) is 11.5 Å². The highest BCUT2D eigenvalue weighted by Crippen LogP contribution is 2.35. The van der Waals surface area contributed by atoms with E-state index in [2.05, 4.69) is 15.0 Å².